The Morgan fingerprint density at radius 2 is 1.71 bits per heavy atom. The zero-order valence-electron chi connectivity index (χ0n) is 11.0. The van der Waals surface area contributed by atoms with E-state index in [4.69, 9.17) is 0 Å². The van der Waals surface area contributed by atoms with Crippen LogP contribution in [-0.2, 0) is 0 Å². The fourth-order valence-electron chi connectivity index (χ4n) is 1.89. The lowest BCUT2D eigenvalue weighted by molar-refractivity contribution is -0.0329. The highest BCUT2D eigenvalue weighted by Gasteiger charge is 2.30. The third-order valence-corrected chi connectivity index (χ3v) is 3.54. The van der Waals surface area contributed by atoms with Crippen molar-refractivity contribution >= 4 is 11.8 Å². The minimum Gasteiger partial charge on any atom is -0.316 e. The molecular weight excluding hydrogens is 247 g/mol. The highest BCUT2D eigenvalue weighted by molar-refractivity contribution is 8.00. The van der Waals surface area contributed by atoms with Gasteiger partial charge in [0.25, 0.3) is 0 Å². The van der Waals surface area contributed by atoms with Gasteiger partial charge < -0.3 is 5.32 Å². The minimum absolute atomic E-state index is 0.0117. The Bertz CT molecular complexity index is 197. The molecule has 17 heavy (non-hydrogen) atoms. The molecular formula is C12H24F3NS. The van der Waals surface area contributed by atoms with E-state index >= 15 is 0 Å². The highest BCUT2D eigenvalue weighted by Crippen LogP contribution is 2.35. The first kappa shape index (κ1) is 17.1. The normalized spacial score (nSPS) is 15.9. The third kappa shape index (κ3) is 9.77. The number of nitrogens with one attached hydrogen (secondary N) is 1. The number of thioether (sulfide) groups is 1. The molecule has 1 unspecified atom stereocenters. The summed E-state index contributed by atoms with van der Waals surface area (Å²) >= 11 is 0.0977. The van der Waals surface area contributed by atoms with Crippen LogP contribution in [0.5, 0.6) is 0 Å². The summed E-state index contributed by atoms with van der Waals surface area (Å²) in [6.07, 6.45) is 3.66. The van der Waals surface area contributed by atoms with Crippen LogP contribution in [0.4, 0.5) is 13.2 Å². The fraction of sp³-hybridized carbons (Fsp3) is 1.00. The van der Waals surface area contributed by atoms with Crippen molar-refractivity contribution in [1.82, 2.24) is 5.32 Å². The number of rotatable bonds is 9. The predicted molar refractivity (Wildman–Crippen MR) is 69.3 cm³/mol. The van der Waals surface area contributed by atoms with Gasteiger partial charge in [-0.25, -0.2) is 0 Å². The summed E-state index contributed by atoms with van der Waals surface area (Å²) in [4.78, 5) is 0. The molecule has 0 bridgehead atoms. The lowest BCUT2D eigenvalue weighted by atomic mass is 9.83. The quantitative estimate of drug-likeness (QED) is 0.622. The second-order valence-electron chi connectivity index (χ2n) is 4.78. The van der Waals surface area contributed by atoms with Gasteiger partial charge in [-0.15, -0.1) is 0 Å². The maximum absolute atomic E-state index is 12.1. The smallest absolute Gasteiger partial charge is 0.316 e. The fourth-order valence-corrected chi connectivity index (χ4v) is 2.71. The van der Waals surface area contributed by atoms with Gasteiger partial charge in [-0.3, -0.25) is 0 Å². The average Bonchev–Trinajstić information content (AvgIpc) is 2.16. The first-order chi connectivity index (χ1) is 7.83. The summed E-state index contributed by atoms with van der Waals surface area (Å²) in [6, 6.07) is 0. The molecule has 0 heterocycles. The molecule has 5 heteroatoms. The van der Waals surface area contributed by atoms with E-state index in [-0.39, 0.29) is 22.9 Å². The molecule has 0 spiro atoms. The van der Waals surface area contributed by atoms with Gasteiger partial charge in [0.1, 0.15) is 0 Å². The van der Waals surface area contributed by atoms with E-state index in [1.807, 2.05) is 0 Å². The molecule has 0 aliphatic heterocycles. The summed E-state index contributed by atoms with van der Waals surface area (Å²) in [7, 11) is 0. The molecule has 0 aromatic rings. The van der Waals surface area contributed by atoms with Crippen molar-refractivity contribution in [1.29, 1.82) is 0 Å². The van der Waals surface area contributed by atoms with Gasteiger partial charge in [-0.1, -0.05) is 39.0 Å². The monoisotopic (exact) mass is 271 g/mol. The van der Waals surface area contributed by atoms with E-state index in [1.165, 1.54) is 0 Å². The first-order valence-corrected chi connectivity index (χ1v) is 7.23. The zero-order chi connectivity index (χ0) is 13.4. The van der Waals surface area contributed by atoms with Crippen LogP contribution >= 0.6 is 11.8 Å². The Kier molecular flexibility index (Phi) is 8.29. The van der Waals surface area contributed by atoms with Crippen LogP contribution < -0.4 is 5.32 Å². The van der Waals surface area contributed by atoms with Gasteiger partial charge in [0, 0.05) is 12.3 Å². The molecule has 0 fully saturated rings. The number of alkyl halides is 3. The predicted octanol–water partition coefficient (Wildman–Crippen LogP) is 4.44. The van der Waals surface area contributed by atoms with E-state index in [0.717, 1.165) is 32.4 Å². The molecule has 1 atom stereocenters. The van der Waals surface area contributed by atoms with Crippen LogP contribution in [0.1, 0.15) is 46.5 Å². The van der Waals surface area contributed by atoms with E-state index in [1.54, 1.807) is 0 Å². The third-order valence-electron chi connectivity index (χ3n) is 2.80. The first-order valence-electron chi connectivity index (χ1n) is 6.24. The van der Waals surface area contributed by atoms with Crippen molar-refractivity contribution < 1.29 is 13.2 Å². The van der Waals surface area contributed by atoms with Crippen molar-refractivity contribution in [3.63, 3.8) is 0 Å². The molecule has 0 aliphatic rings. The number of halogens is 3. The Hall–Kier alpha value is 0.100. The molecule has 0 saturated carbocycles. The summed E-state index contributed by atoms with van der Waals surface area (Å²) in [5.74, 6) is 0.161. The Morgan fingerprint density at radius 1 is 1.06 bits per heavy atom. The van der Waals surface area contributed by atoms with Crippen LogP contribution in [0.3, 0.4) is 0 Å². The second-order valence-corrected chi connectivity index (χ2v) is 5.94. The molecule has 1 N–H and O–H groups in total. The summed E-state index contributed by atoms with van der Waals surface area (Å²) < 4.78 is 36.2. The van der Waals surface area contributed by atoms with Gasteiger partial charge in [0.15, 0.2) is 0 Å². The molecule has 0 saturated heterocycles. The van der Waals surface area contributed by atoms with E-state index in [9.17, 15) is 13.2 Å². The van der Waals surface area contributed by atoms with Crippen LogP contribution in [0.2, 0.25) is 0 Å². The van der Waals surface area contributed by atoms with Crippen LogP contribution in [0.25, 0.3) is 0 Å². The average molecular weight is 271 g/mol. The maximum Gasteiger partial charge on any atom is 0.441 e. The molecule has 0 aromatic heterocycles. The number of hydrogen-bond donors (Lipinski definition) is 1. The molecule has 0 radical (unpaired) electrons. The minimum atomic E-state index is -4.09. The molecule has 0 aromatic carbocycles. The summed E-state index contributed by atoms with van der Waals surface area (Å²) in [6.45, 7) is 7.99. The Labute approximate surface area is 107 Å². The lowest BCUT2D eigenvalue weighted by Crippen LogP contribution is -2.33. The van der Waals surface area contributed by atoms with Gasteiger partial charge in [0.05, 0.1) is 0 Å². The van der Waals surface area contributed by atoms with Crippen LogP contribution in [0.15, 0.2) is 0 Å². The zero-order valence-corrected chi connectivity index (χ0v) is 11.8. The largest absolute Gasteiger partial charge is 0.441 e. The van der Waals surface area contributed by atoms with Crippen molar-refractivity contribution in [2.24, 2.45) is 5.41 Å². The SMILES string of the molecule is CCCNCC(C)(CCC)CCSC(F)(F)F. The highest BCUT2D eigenvalue weighted by atomic mass is 32.2. The second kappa shape index (κ2) is 8.25. The molecule has 1 nitrogen and oxygen atoms in total. The summed E-state index contributed by atoms with van der Waals surface area (Å²) in [5.41, 5.74) is -4.11. The van der Waals surface area contributed by atoms with Gasteiger partial charge in [-0.2, -0.15) is 13.2 Å². The van der Waals surface area contributed by atoms with Gasteiger partial charge in [-0.05, 0) is 31.2 Å². The number of hydrogen-bond acceptors (Lipinski definition) is 2. The molecule has 0 aliphatic carbocycles. The Morgan fingerprint density at radius 3 is 2.18 bits per heavy atom. The van der Waals surface area contributed by atoms with Crippen molar-refractivity contribution in [2.45, 2.75) is 52.0 Å². The van der Waals surface area contributed by atoms with Crippen LogP contribution in [-0.4, -0.2) is 24.4 Å². The van der Waals surface area contributed by atoms with Gasteiger partial charge in [0.2, 0.25) is 0 Å². The molecule has 0 amide bonds. The van der Waals surface area contributed by atoms with E-state index < -0.39 is 5.51 Å². The molecule has 104 valence electrons. The lowest BCUT2D eigenvalue weighted by Gasteiger charge is -2.29. The van der Waals surface area contributed by atoms with E-state index in [2.05, 4.69) is 26.1 Å². The van der Waals surface area contributed by atoms with Crippen molar-refractivity contribution in [3.8, 4) is 0 Å². The van der Waals surface area contributed by atoms with Gasteiger partial charge >= 0.3 is 5.51 Å². The topological polar surface area (TPSA) is 12.0 Å². The maximum atomic E-state index is 12.1. The van der Waals surface area contributed by atoms with Crippen molar-refractivity contribution in [3.05, 3.63) is 0 Å². The summed E-state index contributed by atoms with van der Waals surface area (Å²) in [5, 5.41) is 3.32. The standard InChI is InChI=1S/C12H24F3NS/c1-4-6-11(3,10-16-8-5-2)7-9-17-12(13,14)15/h16H,4-10H2,1-3H3. The Balaban J connectivity index is 4.02. The van der Waals surface area contributed by atoms with Crippen molar-refractivity contribution in [2.75, 3.05) is 18.8 Å². The van der Waals surface area contributed by atoms with E-state index in [0.29, 0.717) is 6.42 Å². The van der Waals surface area contributed by atoms with Crippen LogP contribution in [0, 0.1) is 5.41 Å². The molecule has 0 rings (SSSR count).